The van der Waals surface area contributed by atoms with E-state index in [0.717, 1.165) is 61.4 Å². The Morgan fingerprint density at radius 3 is 1.15 bits per heavy atom. The molecular formula is C38H60B2N2O4+2. The molecule has 0 atom stereocenters. The van der Waals surface area contributed by atoms with E-state index in [1.807, 2.05) is 0 Å². The molecule has 0 aromatic heterocycles. The van der Waals surface area contributed by atoms with Gasteiger partial charge in [0.25, 0.3) is 0 Å². The van der Waals surface area contributed by atoms with Crippen molar-refractivity contribution in [3.63, 3.8) is 0 Å². The molecule has 0 unspecified atom stereocenters. The van der Waals surface area contributed by atoms with Gasteiger partial charge in [-0.25, -0.2) is 8.97 Å². The highest BCUT2D eigenvalue weighted by Crippen LogP contribution is 2.40. The second kappa shape index (κ2) is 13.5. The van der Waals surface area contributed by atoms with Crippen LogP contribution in [0, 0.1) is 0 Å². The monoisotopic (exact) mass is 630 g/mol. The molecule has 0 amide bonds. The number of hydrogen-bond donors (Lipinski definition) is 0. The Labute approximate surface area is 280 Å². The van der Waals surface area contributed by atoms with Crippen LogP contribution in [-0.2, 0) is 31.0 Å². The summed E-state index contributed by atoms with van der Waals surface area (Å²) in [7, 11) is 2.61. The average molecular weight is 631 g/mol. The number of unbranched alkanes of at least 4 members (excludes halogenated alkanes) is 3. The van der Waals surface area contributed by atoms with E-state index >= 15 is 0 Å². The van der Waals surface area contributed by atoms with Gasteiger partial charge in [-0.3, -0.25) is 0 Å². The van der Waals surface area contributed by atoms with E-state index in [4.69, 9.17) is 18.6 Å². The van der Waals surface area contributed by atoms with Crippen molar-refractivity contribution in [3.05, 3.63) is 57.6 Å². The van der Waals surface area contributed by atoms with E-state index in [1.165, 1.54) is 22.3 Å². The highest BCUT2D eigenvalue weighted by Gasteiger charge is 2.46. The van der Waals surface area contributed by atoms with Gasteiger partial charge in [-0.05, 0) is 68.9 Å². The summed E-state index contributed by atoms with van der Waals surface area (Å²) in [4.78, 5) is 0. The van der Waals surface area contributed by atoms with E-state index in [0.29, 0.717) is 0 Å². The molecule has 8 heteroatoms. The summed E-state index contributed by atoms with van der Waals surface area (Å²) in [5.74, 6) is 1.89. The van der Waals surface area contributed by atoms with Crippen molar-refractivity contribution >= 4 is 26.9 Å². The Balaban J connectivity index is 1.44. The quantitative estimate of drug-likeness (QED) is 0.208. The Morgan fingerprint density at radius 2 is 0.870 bits per heavy atom. The molecule has 0 radical (unpaired) electrons. The Kier molecular flexibility index (Phi) is 10.6. The van der Waals surface area contributed by atoms with Crippen LogP contribution in [0.1, 0.15) is 142 Å². The molecule has 2 aromatic rings. The van der Waals surface area contributed by atoms with Crippen LogP contribution in [0.25, 0.3) is 0 Å². The molecule has 0 fully saturated rings. The van der Waals surface area contributed by atoms with Gasteiger partial charge in [-0.15, -0.1) is 0 Å². The number of rotatable bonds is 9. The minimum absolute atomic E-state index is 0.0376. The van der Waals surface area contributed by atoms with Crippen LogP contribution < -0.4 is 9.31 Å². The second-order valence-electron chi connectivity index (χ2n) is 17.4. The van der Waals surface area contributed by atoms with Crippen molar-refractivity contribution in [2.75, 3.05) is 27.3 Å². The molecule has 0 spiro atoms. The molecule has 2 aliphatic heterocycles. The fourth-order valence-corrected chi connectivity index (χ4v) is 6.20. The molecule has 2 heterocycles. The van der Waals surface area contributed by atoms with Gasteiger partial charge >= 0.3 is 14.5 Å². The number of fused-ring (bicyclic) bond motifs is 2. The maximum atomic E-state index is 6.52. The summed E-state index contributed by atoms with van der Waals surface area (Å²) >= 11 is 0. The zero-order chi connectivity index (χ0) is 34.2. The van der Waals surface area contributed by atoms with Crippen LogP contribution in [0.4, 0.5) is 0 Å². The fraction of sp³-hybridized carbons (Fsp3) is 0.632. The zero-order valence-electron chi connectivity index (χ0n) is 31.4. The summed E-state index contributed by atoms with van der Waals surface area (Å²) < 4.78 is 29.1. The van der Waals surface area contributed by atoms with Gasteiger partial charge in [0.05, 0.1) is 11.1 Å². The molecule has 0 saturated carbocycles. The largest absolute Gasteiger partial charge is 0.915 e. The lowest BCUT2D eigenvalue weighted by atomic mass is 9.78. The van der Waals surface area contributed by atoms with Gasteiger partial charge in [-0.1, -0.05) is 95.2 Å². The van der Waals surface area contributed by atoms with Gasteiger partial charge in [0, 0.05) is 27.1 Å². The van der Waals surface area contributed by atoms with Crippen LogP contribution in [0.3, 0.4) is 0 Å². The Bertz CT molecular complexity index is 1360. The summed E-state index contributed by atoms with van der Waals surface area (Å²) in [5, 5.41) is 0. The maximum Gasteiger partial charge on any atom is 0.915 e. The predicted molar refractivity (Wildman–Crippen MR) is 194 cm³/mol. The smallest absolute Gasteiger partial charge is 0.473 e. The number of nitrogens with zero attached hydrogens (tertiary/aromatic N) is 2. The lowest BCUT2D eigenvalue weighted by molar-refractivity contribution is -0.420. The third kappa shape index (κ3) is 8.28. The normalized spacial score (nSPS) is 15.5. The first-order valence-corrected chi connectivity index (χ1v) is 17.2. The van der Waals surface area contributed by atoms with Gasteiger partial charge in [0.15, 0.2) is 12.4 Å². The first kappa shape index (κ1) is 36.3. The molecule has 0 aliphatic carbocycles. The highest BCUT2D eigenvalue weighted by atomic mass is 16.6. The molecule has 6 nitrogen and oxygen atoms in total. The average Bonchev–Trinajstić information content (AvgIpc) is 2.94. The van der Waals surface area contributed by atoms with Crippen molar-refractivity contribution in [3.8, 4) is 11.5 Å². The molecule has 0 bridgehead atoms. The van der Waals surface area contributed by atoms with Crippen LogP contribution in [0.2, 0.25) is 0 Å². The Hall–Kier alpha value is -2.57. The standard InChI is InChI=1S/C38H60B2N2O4/c1-35(2,3)29-21-27-25-41(39(43-13)45-33(27)31(23-29)37(7,8)9)19-17-15-16-18-20-42-26-28-22-30(36(4,5)6)24-32(38(10,11)12)34(28)46-40(42)44-14/h21-26H,15-20H2,1-14H3/q+2. The van der Waals surface area contributed by atoms with E-state index in [2.05, 4.69) is 129 Å². The lowest BCUT2D eigenvalue weighted by Gasteiger charge is -2.30. The second-order valence-corrected chi connectivity index (χ2v) is 17.4. The third-order valence-corrected chi connectivity index (χ3v) is 9.16. The lowest BCUT2D eigenvalue weighted by Crippen LogP contribution is -2.44. The van der Waals surface area contributed by atoms with Crippen molar-refractivity contribution in [1.82, 2.24) is 0 Å². The van der Waals surface area contributed by atoms with Gasteiger partial charge in [0.1, 0.15) is 24.6 Å². The molecule has 250 valence electrons. The van der Waals surface area contributed by atoms with Crippen LogP contribution in [-0.4, -0.2) is 63.2 Å². The van der Waals surface area contributed by atoms with E-state index in [1.54, 1.807) is 14.2 Å². The highest BCUT2D eigenvalue weighted by molar-refractivity contribution is 6.38. The molecule has 2 aromatic carbocycles. The van der Waals surface area contributed by atoms with Crippen molar-refractivity contribution in [2.24, 2.45) is 0 Å². The first-order chi connectivity index (χ1) is 21.2. The summed E-state index contributed by atoms with van der Waals surface area (Å²) in [6, 6.07) is 9.22. The molecule has 2 aliphatic rings. The van der Waals surface area contributed by atoms with E-state index in [-0.39, 0.29) is 21.7 Å². The van der Waals surface area contributed by atoms with Crippen LogP contribution in [0.5, 0.6) is 11.5 Å². The predicted octanol–water partition coefficient (Wildman–Crippen LogP) is 8.05. The van der Waals surface area contributed by atoms with Crippen LogP contribution >= 0.6 is 0 Å². The third-order valence-electron chi connectivity index (χ3n) is 9.16. The Morgan fingerprint density at radius 1 is 0.522 bits per heavy atom. The molecular weight excluding hydrogens is 570 g/mol. The van der Waals surface area contributed by atoms with Crippen LogP contribution in [0.15, 0.2) is 24.3 Å². The fourth-order valence-electron chi connectivity index (χ4n) is 6.20. The molecule has 46 heavy (non-hydrogen) atoms. The van der Waals surface area contributed by atoms with Gasteiger partial charge in [0.2, 0.25) is 0 Å². The van der Waals surface area contributed by atoms with Crippen molar-refractivity contribution in [2.45, 2.75) is 130 Å². The minimum atomic E-state index is -0.423. The number of hydrogen-bond acceptors (Lipinski definition) is 4. The summed E-state index contributed by atoms with van der Waals surface area (Å²) in [6.45, 7) is 28.9. The van der Waals surface area contributed by atoms with Crippen molar-refractivity contribution in [1.29, 1.82) is 0 Å². The molecule has 0 N–H and O–H groups in total. The SMILES string of the molecule is COB1Oc2c(cc(C(C)(C)C)cc2C(C)(C)C)C=[N+]1CCCCCC[N+]1=Cc2cc(C(C)(C)C)cc(C(C)(C)C)c2OB1OC. The van der Waals surface area contributed by atoms with Crippen molar-refractivity contribution < 1.29 is 27.6 Å². The summed E-state index contributed by atoms with van der Waals surface area (Å²) in [6.07, 6.45) is 8.84. The molecule has 0 saturated heterocycles. The summed E-state index contributed by atoms with van der Waals surface area (Å²) in [5.41, 5.74) is 7.42. The van der Waals surface area contributed by atoms with Gasteiger partial charge < -0.3 is 18.6 Å². The topological polar surface area (TPSA) is 42.9 Å². The van der Waals surface area contributed by atoms with E-state index in [9.17, 15) is 0 Å². The van der Waals surface area contributed by atoms with E-state index < -0.39 is 14.5 Å². The minimum Gasteiger partial charge on any atom is -0.473 e. The number of benzene rings is 2. The maximum absolute atomic E-state index is 6.52. The molecule has 4 rings (SSSR count). The zero-order valence-corrected chi connectivity index (χ0v) is 31.4. The first-order valence-electron chi connectivity index (χ1n) is 17.2. The van der Waals surface area contributed by atoms with Gasteiger partial charge in [-0.2, -0.15) is 0 Å².